The third kappa shape index (κ3) is 6.41. The van der Waals surface area contributed by atoms with Crippen molar-refractivity contribution in [3.63, 3.8) is 0 Å². The maximum absolute atomic E-state index is 6.59. The second-order valence-electron chi connectivity index (χ2n) is 15.3. The third-order valence-corrected chi connectivity index (χ3v) is 11.7. The number of para-hydroxylation sites is 1. The number of hydrogen-bond acceptors (Lipinski definition) is 2. The Balaban J connectivity index is 0.957. The van der Waals surface area contributed by atoms with Crippen molar-refractivity contribution >= 4 is 49.8 Å². The van der Waals surface area contributed by atoms with Gasteiger partial charge in [-0.2, -0.15) is 0 Å². The molecule has 60 heavy (non-hydrogen) atoms. The van der Waals surface area contributed by atoms with Gasteiger partial charge in [-0.1, -0.05) is 188 Å². The van der Waals surface area contributed by atoms with Gasteiger partial charge in [0, 0.05) is 33.4 Å². The SMILES string of the molecule is c1ccc(-c2ccc(N(c3ccc(-c4cccc(-c5cccc6oc7c(-c8ccccc8)cccc7c56)c4)cc3)c3ccc(-c4cccc5ccccc45)cc3)cc2)cc1. The van der Waals surface area contributed by atoms with Gasteiger partial charge in [-0.15, -0.1) is 0 Å². The second kappa shape index (κ2) is 15.1. The molecule has 1 heterocycles. The molecule has 0 radical (unpaired) electrons. The molecule has 0 amide bonds. The Hall–Kier alpha value is -7.94. The summed E-state index contributed by atoms with van der Waals surface area (Å²) in [6.45, 7) is 0. The summed E-state index contributed by atoms with van der Waals surface area (Å²) in [7, 11) is 0. The van der Waals surface area contributed by atoms with Crippen LogP contribution in [-0.2, 0) is 0 Å². The minimum Gasteiger partial charge on any atom is -0.455 e. The predicted octanol–water partition coefficient (Wildman–Crippen LogP) is 16.5. The van der Waals surface area contributed by atoms with Crippen LogP contribution in [0.2, 0.25) is 0 Å². The van der Waals surface area contributed by atoms with Gasteiger partial charge in [-0.3, -0.25) is 0 Å². The first-order valence-electron chi connectivity index (χ1n) is 20.5. The highest BCUT2D eigenvalue weighted by atomic mass is 16.3. The Kier molecular flexibility index (Phi) is 8.87. The van der Waals surface area contributed by atoms with Crippen LogP contribution in [-0.4, -0.2) is 0 Å². The Morgan fingerprint density at radius 2 is 0.733 bits per heavy atom. The Labute approximate surface area is 349 Å². The van der Waals surface area contributed by atoms with E-state index >= 15 is 0 Å². The van der Waals surface area contributed by atoms with Crippen LogP contribution >= 0.6 is 0 Å². The summed E-state index contributed by atoms with van der Waals surface area (Å²) >= 11 is 0. The van der Waals surface area contributed by atoms with Crippen molar-refractivity contribution in [2.75, 3.05) is 4.90 Å². The molecule has 0 aliphatic carbocycles. The molecular formula is C58H39NO. The standard InChI is InChI=1S/C58H39NO/c1-3-13-40(14-4-1)41-27-33-48(34-28-41)59(50-37-31-45(32-38-50)52-22-10-18-43-17-7-8-21-51(43)52)49-35-29-42(30-36-49)46-19-9-20-47(39-46)53-23-12-26-56-57(53)55-25-11-24-54(58(55)60-56)44-15-5-2-6-16-44/h1-39H. The van der Waals surface area contributed by atoms with Crippen molar-refractivity contribution in [2.45, 2.75) is 0 Å². The molecule has 0 atom stereocenters. The fourth-order valence-corrected chi connectivity index (χ4v) is 8.75. The van der Waals surface area contributed by atoms with Crippen molar-refractivity contribution in [3.8, 4) is 55.6 Å². The van der Waals surface area contributed by atoms with Crippen LogP contribution < -0.4 is 4.90 Å². The zero-order valence-electron chi connectivity index (χ0n) is 32.9. The predicted molar refractivity (Wildman–Crippen MR) is 253 cm³/mol. The van der Waals surface area contributed by atoms with Gasteiger partial charge in [0.1, 0.15) is 11.2 Å². The molecule has 2 heteroatoms. The van der Waals surface area contributed by atoms with E-state index in [0.717, 1.165) is 72.4 Å². The summed E-state index contributed by atoms with van der Waals surface area (Å²) in [6.07, 6.45) is 0. The van der Waals surface area contributed by atoms with Crippen LogP contribution in [0.15, 0.2) is 241 Å². The van der Waals surface area contributed by atoms with E-state index in [-0.39, 0.29) is 0 Å². The largest absolute Gasteiger partial charge is 0.455 e. The van der Waals surface area contributed by atoms with E-state index in [1.807, 2.05) is 6.07 Å². The number of benzene rings is 10. The lowest BCUT2D eigenvalue weighted by Gasteiger charge is -2.26. The lowest BCUT2D eigenvalue weighted by molar-refractivity contribution is 0.670. The van der Waals surface area contributed by atoms with E-state index in [9.17, 15) is 0 Å². The summed E-state index contributed by atoms with van der Waals surface area (Å²) in [5, 5.41) is 4.76. The number of nitrogens with zero attached hydrogens (tertiary/aromatic N) is 1. The van der Waals surface area contributed by atoms with Crippen LogP contribution in [0.4, 0.5) is 17.1 Å². The molecular weight excluding hydrogens is 727 g/mol. The van der Waals surface area contributed by atoms with Crippen LogP contribution in [0.5, 0.6) is 0 Å². The maximum atomic E-state index is 6.59. The van der Waals surface area contributed by atoms with Gasteiger partial charge in [-0.25, -0.2) is 0 Å². The fraction of sp³-hybridized carbons (Fsp3) is 0. The lowest BCUT2D eigenvalue weighted by atomic mass is 9.95. The summed E-state index contributed by atoms with van der Waals surface area (Å²) in [5.74, 6) is 0. The van der Waals surface area contributed by atoms with Crippen molar-refractivity contribution in [1.82, 2.24) is 0 Å². The van der Waals surface area contributed by atoms with Gasteiger partial charge in [0.25, 0.3) is 0 Å². The highest BCUT2D eigenvalue weighted by Gasteiger charge is 2.18. The first kappa shape index (κ1) is 35.2. The smallest absolute Gasteiger partial charge is 0.143 e. The fourth-order valence-electron chi connectivity index (χ4n) is 8.75. The minimum absolute atomic E-state index is 0.891. The van der Waals surface area contributed by atoms with Crippen molar-refractivity contribution in [3.05, 3.63) is 237 Å². The van der Waals surface area contributed by atoms with Crippen LogP contribution in [0.3, 0.4) is 0 Å². The van der Waals surface area contributed by atoms with Gasteiger partial charge in [0.2, 0.25) is 0 Å². The molecule has 0 fully saturated rings. The molecule has 0 unspecified atom stereocenters. The van der Waals surface area contributed by atoms with Crippen LogP contribution in [0.1, 0.15) is 0 Å². The molecule has 0 aliphatic heterocycles. The van der Waals surface area contributed by atoms with E-state index < -0.39 is 0 Å². The molecule has 0 N–H and O–H groups in total. The normalized spacial score (nSPS) is 11.3. The highest BCUT2D eigenvalue weighted by Crippen LogP contribution is 2.42. The molecule has 0 saturated heterocycles. The lowest BCUT2D eigenvalue weighted by Crippen LogP contribution is -2.09. The zero-order chi connectivity index (χ0) is 39.8. The van der Waals surface area contributed by atoms with Crippen LogP contribution in [0, 0.1) is 0 Å². The van der Waals surface area contributed by atoms with Crippen molar-refractivity contribution in [1.29, 1.82) is 0 Å². The minimum atomic E-state index is 0.891. The number of fused-ring (bicyclic) bond motifs is 4. The van der Waals surface area contributed by atoms with Gasteiger partial charge in [0.15, 0.2) is 0 Å². The van der Waals surface area contributed by atoms with E-state index in [2.05, 4.69) is 235 Å². The maximum Gasteiger partial charge on any atom is 0.143 e. The van der Waals surface area contributed by atoms with Gasteiger partial charge in [0.05, 0.1) is 0 Å². The molecule has 10 aromatic carbocycles. The van der Waals surface area contributed by atoms with Gasteiger partial charge in [-0.05, 0) is 109 Å². The van der Waals surface area contributed by atoms with E-state index in [1.54, 1.807) is 0 Å². The van der Waals surface area contributed by atoms with Gasteiger partial charge >= 0.3 is 0 Å². The number of rotatable bonds is 8. The monoisotopic (exact) mass is 765 g/mol. The molecule has 0 saturated carbocycles. The first-order valence-corrected chi connectivity index (χ1v) is 20.5. The summed E-state index contributed by atoms with van der Waals surface area (Å²) in [5.41, 5.74) is 16.8. The van der Waals surface area contributed by atoms with E-state index in [4.69, 9.17) is 4.42 Å². The quantitative estimate of drug-likeness (QED) is 0.153. The van der Waals surface area contributed by atoms with E-state index in [0.29, 0.717) is 0 Å². The van der Waals surface area contributed by atoms with Gasteiger partial charge < -0.3 is 9.32 Å². The highest BCUT2D eigenvalue weighted by molar-refractivity contribution is 6.15. The Bertz CT molecular complexity index is 3270. The molecule has 11 aromatic rings. The molecule has 0 bridgehead atoms. The number of furan rings is 1. The summed E-state index contributed by atoms with van der Waals surface area (Å²) in [6, 6.07) is 84.7. The van der Waals surface area contributed by atoms with E-state index in [1.165, 1.54) is 33.0 Å². The number of hydrogen-bond donors (Lipinski definition) is 0. The summed E-state index contributed by atoms with van der Waals surface area (Å²) in [4.78, 5) is 2.34. The number of anilines is 3. The molecule has 2 nitrogen and oxygen atoms in total. The molecule has 11 rings (SSSR count). The summed E-state index contributed by atoms with van der Waals surface area (Å²) < 4.78 is 6.59. The Morgan fingerprint density at radius 3 is 1.45 bits per heavy atom. The average molecular weight is 766 g/mol. The van der Waals surface area contributed by atoms with Crippen molar-refractivity contribution in [2.24, 2.45) is 0 Å². The van der Waals surface area contributed by atoms with Crippen molar-refractivity contribution < 1.29 is 4.42 Å². The molecule has 0 spiro atoms. The Morgan fingerprint density at radius 1 is 0.283 bits per heavy atom. The molecule has 282 valence electrons. The molecule has 0 aliphatic rings. The first-order chi connectivity index (χ1) is 29.7. The molecule has 1 aromatic heterocycles. The average Bonchev–Trinajstić information content (AvgIpc) is 3.72. The van der Waals surface area contributed by atoms with Crippen LogP contribution in [0.25, 0.3) is 88.3 Å². The zero-order valence-corrected chi connectivity index (χ0v) is 32.9. The third-order valence-electron chi connectivity index (χ3n) is 11.7. The topological polar surface area (TPSA) is 16.4 Å². The second-order valence-corrected chi connectivity index (χ2v) is 15.3.